The molecule has 0 radical (unpaired) electrons. The first kappa shape index (κ1) is 43.2. The molecule has 56 heavy (non-hydrogen) atoms. The molecule has 6 aromatic rings. The van der Waals surface area contributed by atoms with Gasteiger partial charge >= 0.3 is 12.2 Å². The first-order valence-electron chi connectivity index (χ1n) is 16.0. The van der Waals surface area contributed by atoms with Gasteiger partial charge in [0.15, 0.2) is 0 Å². The second-order valence-electron chi connectivity index (χ2n) is 12.5. The van der Waals surface area contributed by atoms with Crippen LogP contribution in [-0.2, 0) is 15.3 Å². The van der Waals surface area contributed by atoms with Crippen molar-refractivity contribution < 1.29 is 40.9 Å². The van der Waals surface area contributed by atoms with Gasteiger partial charge in [0.25, 0.3) is 0 Å². The first-order chi connectivity index (χ1) is 26.1. The predicted octanol–water partition coefficient (Wildman–Crippen LogP) is 9.17. The molecule has 0 atom stereocenters. The van der Waals surface area contributed by atoms with E-state index in [1.165, 1.54) is 24.8 Å². The second-order valence-corrected chi connectivity index (χ2v) is 19.3. The Morgan fingerprint density at radius 3 is 1.64 bits per heavy atom. The molecule has 0 spiro atoms. The topological polar surface area (TPSA) is 165 Å². The third-order valence-electron chi connectivity index (χ3n) is 7.02. The van der Waals surface area contributed by atoms with Crippen molar-refractivity contribution in [3.05, 3.63) is 126 Å². The first-order valence-corrected chi connectivity index (χ1v) is 21.6. The molecular weight excluding hydrogens is 801 g/mol. The summed E-state index contributed by atoms with van der Waals surface area (Å²) < 4.78 is 90.8. The molecule has 0 aliphatic carbocycles. The van der Waals surface area contributed by atoms with E-state index in [0.717, 1.165) is 27.5 Å². The summed E-state index contributed by atoms with van der Waals surface area (Å²) in [5.74, 6) is -1.27. The van der Waals surface area contributed by atoms with Crippen LogP contribution >= 0.6 is 25.9 Å². The summed E-state index contributed by atoms with van der Waals surface area (Å²) in [6.07, 6.45) is -1.99. The summed E-state index contributed by atoms with van der Waals surface area (Å²) in [5, 5.41) is 16.4. The van der Waals surface area contributed by atoms with E-state index in [2.05, 4.69) is 40.5 Å². The molecule has 0 aliphatic rings. The van der Waals surface area contributed by atoms with Crippen LogP contribution in [0.15, 0.2) is 97.6 Å². The van der Waals surface area contributed by atoms with Crippen LogP contribution in [0, 0.1) is 18.6 Å². The number of ether oxygens (including phenoxy) is 1. The van der Waals surface area contributed by atoms with Crippen molar-refractivity contribution in [1.29, 1.82) is 0 Å². The molecular formula is C36H34ClF5N8O4P2. The summed E-state index contributed by atoms with van der Waals surface area (Å²) in [6.45, 7) is 8.69. The largest absolute Gasteiger partial charge is 0.508 e. The van der Waals surface area contributed by atoms with Crippen molar-refractivity contribution >= 4 is 59.8 Å². The molecule has 294 valence electrons. The van der Waals surface area contributed by atoms with Gasteiger partial charge in [0.2, 0.25) is 17.2 Å². The van der Waals surface area contributed by atoms with Crippen LogP contribution in [0.1, 0.15) is 11.1 Å². The minimum atomic E-state index is -4.63. The molecule has 2 heterocycles. The minimum absolute atomic E-state index is 0.0516. The number of phenolic OH excluding ortho intramolecular Hbond substituents is 1. The molecule has 6 rings (SSSR count). The van der Waals surface area contributed by atoms with Crippen LogP contribution in [0.2, 0.25) is 5.28 Å². The zero-order valence-electron chi connectivity index (χ0n) is 30.3. The Bertz CT molecular complexity index is 2320. The molecule has 0 bridgehead atoms. The Morgan fingerprint density at radius 2 is 1.18 bits per heavy atom. The van der Waals surface area contributed by atoms with Crippen molar-refractivity contribution in [1.82, 2.24) is 29.9 Å². The van der Waals surface area contributed by atoms with Crippen molar-refractivity contribution in [3.8, 4) is 17.5 Å². The number of phenols is 1. The number of hydrogen-bond donors (Lipinski definition) is 3. The fraction of sp³-hybridized carbons (Fsp3) is 0.167. The van der Waals surface area contributed by atoms with E-state index in [1.807, 2.05) is 24.3 Å². The van der Waals surface area contributed by atoms with E-state index in [0.29, 0.717) is 29.9 Å². The lowest BCUT2D eigenvalue weighted by Gasteiger charge is -2.09. The highest BCUT2D eigenvalue weighted by Gasteiger charge is 2.31. The summed E-state index contributed by atoms with van der Waals surface area (Å²) >= 11 is 5.66. The molecule has 3 N–H and O–H groups in total. The van der Waals surface area contributed by atoms with Gasteiger partial charge in [-0.3, -0.25) is 0 Å². The maximum Gasteiger partial charge on any atom is 0.416 e. The van der Waals surface area contributed by atoms with Gasteiger partial charge < -0.3 is 29.6 Å². The van der Waals surface area contributed by atoms with Crippen molar-refractivity contribution in [2.75, 3.05) is 37.3 Å². The molecule has 0 unspecified atom stereocenters. The quantitative estimate of drug-likeness (QED) is 0.0985. The lowest BCUT2D eigenvalue weighted by molar-refractivity contribution is -0.137. The third-order valence-corrected chi connectivity index (χ3v) is 10.3. The molecule has 12 nitrogen and oxygen atoms in total. The number of nitrogens with one attached hydrogen (secondary N) is 2. The van der Waals surface area contributed by atoms with E-state index < -0.39 is 43.4 Å². The molecule has 4 aromatic carbocycles. The number of halogens is 6. The van der Waals surface area contributed by atoms with Crippen LogP contribution < -0.4 is 26.0 Å². The normalized spacial score (nSPS) is 11.3. The maximum absolute atomic E-state index is 13.4. The Balaban J connectivity index is 0.000000201. The number of benzene rings is 4. The fourth-order valence-corrected chi connectivity index (χ4v) is 6.26. The van der Waals surface area contributed by atoms with Crippen molar-refractivity contribution in [2.45, 2.75) is 13.1 Å². The molecule has 0 aliphatic heterocycles. The number of rotatable bonds is 8. The standard InChI is InChI=1S/C18H18FN4O2P.C11H12ClN4OP.C7H4F4O/c1-12-8-13(19)10-15(9-12)25-18-21-11-20-17(23-18)22-14-4-6-16(7-5-14)26(2,3)24;1-18(2,17)9-5-3-8(4-6-9)15-11-14-7-13-10(12)16-11;8-5-1-4(7(9,10)11)2-6(12)3-5/h4-11H,1-3H3,(H,20,21,22,23);3-7H,1-2H3,(H,13,14,15,16);1-3,12H. The number of anilines is 4. The second kappa shape index (κ2) is 18.4. The fourth-order valence-electron chi connectivity index (χ4n) is 4.40. The minimum Gasteiger partial charge on any atom is -0.508 e. The lowest BCUT2D eigenvalue weighted by Crippen LogP contribution is -2.04. The van der Waals surface area contributed by atoms with Gasteiger partial charge in [-0.15, -0.1) is 0 Å². The molecule has 0 fully saturated rings. The van der Waals surface area contributed by atoms with Crippen LogP contribution in [0.25, 0.3) is 0 Å². The zero-order chi connectivity index (χ0) is 41.3. The Labute approximate surface area is 323 Å². The number of alkyl halides is 3. The highest BCUT2D eigenvalue weighted by Crippen LogP contribution is 2.36. The number of aryl methyl sites for hydroxylation is 1. The maximum atomic E-state index is 13.4. The number of aromatic nitrogens is 6. The number of hydrogen-bond acceptors (Lipinski definition) is 12. The number of aromatic hydroxyl groups is 1. The zero-order valence-corrected chi connectivity index (χ0v) is 32.8. The predicted molar refractivity (Wildman–Crippen MR) is 207 cm³/mol. The summed E-state index contributed by atoms with van der Waals surface area (Å²) in [6, 6.07) is 20.3. The molecule has 2 aromatic heterocycles. The smallest absolute Gasteiger partial charge is 0.416 e. The Hall–Kier alpha value is -5.50. The van der Waals surface area contributed by atoms with Gasteiger partial charge in [0.05, 0.1) is 5.56 Å². The summed E-state index contributed by atoms with van der Waals surface area (Å²) in [4.78, 5) is 23.7. The van der Waals surface area contributed by atoms with E-state index in [9.17, 15) is 31.1 Å². The lowest BCUT2D eigenvalue weighted by atomic mass is 10.2. The van der Waals surface area contributed by atoms with Crippen LogP contribution in [-0.4, -0.2) is 61.7 Å². The van der Waals surface area contributed by atoms with Gasteiger partial charge in [0.1, 0.15) is 50.1 Å². The van der Waals surface area contributed by atoms with Gasteiger partial charge in [-0.1, -0.05) is 0 Å². The Kier molecular flexibility index (Phi) is 14.2. The molecule has 20 heteroatoms. The molecule has 0 amide bonds. The van der Waals surface area contributed by atoms with E-state index in [4.69, 9.17) is 21.4 Å². The van der Waals surface area contributed by atoms with E-state index >= 15 is 0 Å². The van der Waals surface area contributed by atoms with Gasteiger partial charge in [-0.25, -0.2) is 23.7 Å². The number of nitrogens with zero attached hydrogens (tertiary/aromatic N) is 6. The SMILES string of the molecule is CP(C)(=O)c1ccc(Nc2ncnc(Cl)n2)cc1.Cc1cc(F)cc(Oc2ncnc(Nc3ccc(P(C)(C)=O)cc3)n2)c1.Oc1cc(F)cc(C(F)(F)F)c1. The highest BCUT2D eigenvalue weighted by atomic mass is 35.5. The van der Waals surface area contributed by atoms with Gasteiger partial charge in [-0.2, -0.15) is 28.1 Å². The van der Waals surface area contributed by atoms with E-state index in [-0.39, 0.29) is 17.2 Å². The summed E-state index contributed by atoms with van der Waals surface area (Å²) in [7, 11) is -4.51. The van der Waals surface area contributed by atoms with Gasteiger partial charge in [0, 0.05) is 34.1 Å². The van der Waals surface area contributed by atoms with Crippen molar-refractivity contribution in [3.63, 3.8) is 0 Å². The summed E-state index contributed by atoms with van der Waals surface area (Å²) in [5.41, 5.74) is 1.08. The van der Waals surface area contributed by atoms with Crippen LogP contribution in [0.5, 0.6) is 17.5 Å². The van der Waals surface area contributed by atoms with E-state index in [1.54, 1.807) is 63.9 Å². The Morgan fingerprint density at radius 1 is 0.679 bits per heavy atom. The monoisotopic (exact) mass is 834 g/mol. The third kappa shape index (κ3) is 14.0. The van der Waals surface area contributed by atoms with Crippen LogP contribution in [0.3, 0.4) is 0 Å². The van der Waals surface area contributed by atoms with Crippen LogP contribution in [0.4, 0.5) is 45.2 Å². The highest BCUT2D eigenvalue weighted by molar-refractivity contribution is 7.70. The van der Waals surface area contributed by atoms with Crippen molar-refractivity contribution in [2.24, 2.45) is 0 Å². The molecule has 0 saturated carbocycles. The molecule has 0 saturated heterocycles. The average Bonchev–Trinajstić information content (AvgIpc) is 3.08. The average molecular weight is 835 g/mol. The van der Waals surface area contributed by atoms with Gasteiger partial charge in [-0.05, 0) is 124 Å².